The average molecular weight is 328 g/mol. The van der Waals surface area contributed by atoms with Gasteiger partial charge in [-0.25, -0.2) is 4.39 Å². The van der Waals surface area contributed by atoms with Crippen molar-refractivity contribution < 1.29 is 4.39 Å². The zero-order chi connectivity index (χ0) is 13.8. The zero-order valence-corrected chi connectivity index (χ0v) is 13.4. The number of para-hydroxylation sites is 1. The third kappa shape index (κ3) is 3.31. The Morgan fingerprint density at radius 2 is 1.95 bits per heavy atom. The van der Waals surface area contributed by atoms with Crippen molar-refractivity contribution in [1.29, 1.82) is 0 Å². The van der Waals surface area contributed by atoms with E-state index in [4.69, 9.17) is 0 Å². The van der Waals surface area contributed by atoms with Crippen molar-refractivity contribution in [2.24, 2.45) is 5.92 Å². The minimum Gasteiger partial charge on any atom is -0.369 e. The molecular weight excluding hydrogens is 305 g/mol. The molecule has 1 aromatic carbocycles. The Labute approximate surface area is 124 Å². The van der Waals surface area contributed by atoms with Crippen molar-refractivity contribution >= 4 is 21.6 Å². The SMILES string of the molecule is CCC1CCC(N(C)c2c(F)cccc2CBr)CC1. The van der Waals surface area contributed by atoms with Crippen LogP contribution in [0, 0.1) is 11.7 Å². The monoisotopic (exact) mass is 327 g/mol. The second-order valence-electron chi connectivity index (χ2n) is 5.57. The maximum atomic E-state index is 14.1. The lowest BCUT2D eigenvalue weighted by molar-refractivity contribution is 0.312. The molecule has 1 aromatic rings. The van der Waals surface area contributed by atoms with Crippen LogP contribution in [0.1, 0.15) is 44.6 Å². The lowest BCUT2D eigenvalue weighted by Gasteiger charge is -2.36. The summed E-state index contributed by atoms with van der Waals surface area (Å²) in [5.41, 5.74) is 1.82. The lowest BCUT2D eigenvalue weighted by Crippen LogP contribution is -2.36. The highest BCUT2D eigenvalue weighted by Gasteiger charge is 2.25. The fraction of sp³-hybridized carbons (Fsp3) is 0.625. The van der Waals surface area contributed by atoms with E-state index in [1.165, 1.54) is 32.1 Å². The number of rotatable bonds is 4. The molecule has 0 spiro atoms. The van der Waals surface area contributed by atoms with Crippen LogP contribution in [0.5, 0.6) is 0 Å². The molecule has 0 saturated heterocycles. The largest absolute Gasteiger partial charge is 0.369 e. The van der Waals surface area contributed by atoms with E-state index in [1.807, 2.05) is 13.1 Å². The molecule has 0 aromatic heterocycles. The van der Waals surface area contributed by atoms with Crippen LogP contribution in [0.3, 0.4) is 0 Å². The standard InChI is InChI=1S/C16H23BrFN/c1-3-12-7-9-14(10-8-12)19(2)16-13(11-17)5-4-6-15(16)18/h4-6,12,14H,3,7-11H2,1-2H3. The van der Waals surface area contributed by atoms with E-state index < -0.39 is 0 Å². The summed E-state index contributed by atoms with van der Waals surface area (Å²) in [5.74, 6) is 0.776. The van der Waals surface area contributed by atoms with Crippen LogP contribution in [0.4, 0.5) is 10.1 Å². The van der Waals surface area contributed by atoms with E-state index >= 15 is 0 Å². The summed E-state index contributed by atoms with van der Waals surface area (Å²) in [6.07, 6.45) is 6.21. The van der Waals surface area contributed by atoms with E-state index in [2.05, 4.69) is 27.8 Å². The van der Waals surface area contributed by atoms with Crippen LogP contribution in [-0.4, -0.2) is 13.1 Å². The third-order valence-corrected chi connectivity index (χ3v) is 5.11. The predicted octanol–water partition coefficient (Wildman–Crippen LogP) is 5.13. The Hall–Kier alpha value is -0.570. The molecule has 19 heavy (non-hydrogen) atoms. The van der Waals surface area contributed by atoms with Crippen molar-refractivity contribution in [3.63, 3.8) is 0 Å². The maximum Gasteiger partial charge on any atom is 0.146 e. The van der Waals surface area contributed by atoms with Crippen molar-refractivity contribution in [1.82, 2.24) is 0 Å². The molecule has 1 aliphatic carbocycles. The van der Waals surface area contributed by atoms with Gasteiger partial charge in [-0.2, -0.15) is 0 Å². The van der Waals surface area contributed by atoms with Crippen LogP contribution in [0.25, 0.3) is 0 Å². The van der Waals surface area contributed by atoms with Gasteiger partial charge in [-0.1, -0.05) is 41.4 Å². The first-order valence-corrected chi connectivity index (χ1v) is 8.35. The molecular formula is C16H23BrFN. The highest BCUT2D eigenvalue weighted by Crippen LogP contribution is 2.34. The third-order valence-electron chi connectivity index (χ3n) is 4.51. The molecule has 0 bridgehead atoms. The summed E-state index contributed by atoms with van der Waals surface area (Å²) in [7, 11) is 2.04. The fourth-order valence-electron chi connectivity index (χ4n) is 3.19. The molecule has 0 aliphatic heterocycles. The van der Waals surface area contributed by atoms with E-state index in [0.717, 1.165) is 17.2 Å². The van der Waals surface area contributed by atoms with Crippen LogP contribution >= 0.6 is 15.9 Å². The molecule has 0 atom stereocenters. The lowest BCUT2D eigenvalue weighted by atomic mass is 9.84. The molecule has 3 heteroatoms. The summed E-state index contributed by atoms with van der Waals surface area (Å²) in [4.78, 5) is 2.16. The molecule has 0 heterocycles. The number of benzene rings is 1. The molecule has 2 rings (SSSR count). The van der Waals surface area contributed by atoms with Gasteiger partial charge in [0.1, 0.15) is 5.82 Å². The predicted molar refractivity (Wildman–Crippen MR) is 83.5 cm³/mol. The summed E-state index contributed by atoms with van der Waals surface area (Å²) >= 11 is 3.46. The van der Waals surface area contributed by atoms with Gasteiger partial charge in [0.05, 0.1) is 5.69 Å². The van der Waals surface area contributed by atoms with Gasteiger partial charge >= 0.3 is 0 Å². The van der Waals surface area contributed by atoms with E-state index in [9.17, 15) is 4.39 Å². The van der Waals surface area contributed by atoms with Gasteiger partial charge in [0.25, 0.3) is 0 Å². The summed E-state index contributed by atoms with van der Waals surface area (Å²) in [5, 5.41) is 0.703. The minimum absolute atomic E-state index is 0.0999. The zero-order valence-electron chi connectivity index (χ0n) is 11.8. The number of anilines is 1. The average Bonchev–Trinajstić information content (AvgIpc) is 2.46. The Kier molecular flexibility index (Phi) is 5.26. The molecule has 0 unspecified atom stereocenters. The van der Waals surface area contributed by atoms with Crippen LogP contribution in [0.15, 0.2) is 18.2 Å². The van der Waals surface area contributed by atoms with Gasteiger partial charge in [-0.05, 0) is 43.2 Å². The number of hydrogen-bond acceptors (Lipinski definition) is 1. The first-order chi connectivity index (χ1) is 9.17. The van der Waals surface area contributed by atoms with Crippen LogP contribution in [-0.2, 0) is 5.33 Å². The minimum atomic E-state index is -0.0999. The summed E-state index contributed by atoms with van der Waals surface area (Å²) < 4.78 is 14.1. The van der Waals surface area contributed by atoms with Gasteiger partial charge in [-0.3, -0.25) is 0 Å². The van der Waals surface area contributed by atoms with Crippen molar-refractivity contribution in [3.05, 3.63) is 29.6 Å². The topological polar surface area (TPSA) is 3.24 Å². The maximum absolute atomic E-state index is 14.1. The second-order valence-corrected chi connectivity index (χ2v) is 6.14. The van der Waals surface area contributed by atoms with E-state index in [0.29, 0.717) is 11.4 Å². The molecule has 0 amide bonds. The van der Waals surface area contributed by atoms with Gasteiger partial charge in [0.15, 0.2) is 0 Å². The first-order valence-electron chi connectivity index (χ1n) is 7.23. The highest BCUT2D eigenvalue weighted by atomic mass is 79.9. The van der Waals surface area contributed by atoms with Gasteiger partial charge < -0.3 is 4.90 Å². The number of hydrogen-bond donors (Lipinski definition) is 0. The van der Waals surface area contributed by atoms with Gasteiger partial charge in [-0.15, -0.1) is 0 Å². The molecule has 1 saturated carbocycles. The quantitative estimate of drug-likeness (QED) is 0.693. The van der Waals surface area contributed by atoms with Gasteiger partial charge in [0, 0.05) is 18.4 Å². The number of halogens is 2. The molecule has 0 radical (unpaired) electrons. The smallest absolute Gasteiger partial charge is 0.146 e. The first kappa shape index (κ1) is 14.8. The van der Waals surface area contributed by atoms with Crippen molar-refractivity contribution in [3.8, 4) is 0 Å². The van der Waals surface area contributed by atoms with E-state index in [1.54, 1.807) is 12.1 Å². The highest BCUT2D eigenvalue weighted by molar-refractivity contribution is 9.08. The number of nitrogens with zero attached hydrogens (tertiary/aromatic N) is 1. The molecule has 1 fully saturated rings. The normalized spacial score (nSPS) is 23.4. The Bertz CT molecular complexity index is 413. The van der Waals surface area contributed by atoms with Crippen LogP contribution in [0.2, 0.25) is 0 Å². The molecule has 1 aliphatic rings. The number of alkyl halides is 1. The van der Waals surface area contributed by atoms with Gasteiger partial charge in [0.2, 0.25) is 0 Å². The summed E-state index contributed by atoms with van der Waals surface area (Å²) in [6, 6.07) is 5.84. The molecule has 1 nitrogen and oxygen atoms in total. The van der Waals surface area contributed by atoms with Crippen LogP contribution < -0.4 is 4.90 Å². The Morgan fingerprint density at radius 1 is 1.26 bits per heavy atom. The fourth-order valence-corrected chi connectivity index (χ4v) is 3.64. The van der Waals surface area contributed by atoms with Crippen molar-refractivity contribution in [2.75, 3.05) is 11.9 Å². The Morgan fingerprint density at radius 3 is 2.53 bits per heavy atom. The Balaban J connectivity index is 2.14. The molecule has 0 N–H and O–H groups in total. The summed E-state index contributed by atoms with van der Waals surface area (Å²) in [6.45, 7) is 2.27. The van der Waals surface area contributed by atoms with Crippen molar-refractivity contribution in [2.45, 2.75) is 50.4 Å². The molecule has 106 valence electrons. The second kappa shape index (κ2) is 6.74. The van der Waals surface area contributed by atoms with E-state index in [-0.39, 0.29) is 5.82 Å².